The zero-order valence-electron chi connectivity index (χ0n) is 10.9. The van der Waals surface area contributed by atoms with Crippen LogP contribution in [0.5, 0.6) is 0 Å². The topological polar surface area (TPSA) is 29.1 Å². The van der Waals surface area contributed by atoms with Crippen molar-refractivity contribution < 1.29 is 4.79 Å². The van der Waals surface area contributed by atoms with Gasteiger partial charge in [-0.15, -0.1) is 23.4 Å². The Labute approximate surface area is 117 Å². The van der Waals surface area contributed by atoms with Crippen molar-refractivity contribution in [2.75, 3.05) is 0 Å². The largest absolute Gasteiger partial charge is 0.349 e. The molecule has 1 aliphatic heterocycles. The van der Waals surface area contributed by atoms with Crippen molar-refractivity contribution in [2.24, 2.45) is 0 Å². The fraction of sp³-hybridized carbons (Fsp3) is 0.500. The molecular formula is C14H18ClNOS. The number of carbonyl (C=O) groups excluding carboxylic acids is 1. The predicted octanol–water partition coefficient (Wildman–Crippen LogP) is 3.23. The molecule has 2 nitrogen and oxygen atoms in total. The van der Waals surface area contributed by atoms with Gasteiger partial charge in [-0.25, -0.2) is 0 Å². The maximum Gasteiger partial charge on any atom is 0.234 e. The fourth-order valence-electron chi connectivity index (χ4n) is 1.83. The van der Waals surface area contributed by atoms with E-state index in [1.165, 1.54) is 10.5 Å². The standard InChI is InChI=1S/C14H18ClNOS/c1-9(15)14(2,3)16-13(17)12-8-10-6-4-5-7-11(10)18-12/h4-7,9,12H,8H2,1-3H3,(H,16,17). The molecule has 0 fully saturated rings. The lowest BCUT2D eigenvalue weighted by Crippen LogP contribution is -2.51. The first-order valence-corrected chi connectivity index (χ1v) is 7.42. The van der Waals surface area contributed by atoms with Crippen LogP contribution >= 0.6 is 23.4 Å². The Morgan fingerprint density at radius 1 is 1.50 bits per heavy atom. The summed E-state index contributed by atoms with van der Waals surface area (Å²) in [6, 6.07) is 8.19. The van der Waals surface area contributed by atoms with Crippen LogP contribution < -0.4 is 5.32 Å². The van der Waals surface area contributed by atoms with Crippen molar-refractivity contribution in [2.45, 2.75) is 48.3 Å². The van der Waals surface area contributed by atoms with Crippen LogP contribution in [-0.4, -0.2) is 22.1 Å². The van der Waals surface area contributed by atoms with E-state index in [1.54, 1.807) is 11.8 Å². The van der Waals surface area contributed by atoms with Gasteiger partial charge in [0.05, 0.1) is 16.2 Å². The summed E-state index contributed by atoms with van der Waals surface area (Å²) in [6.07, 6.45) is 0.805. The van der Waals surface area contributed by atoms with Crippen LogP contribution in [0.2, 0.25) is 0 Å². The number of hydrogen-bond acceptors (Lipinski definition) is 2. The summed E-state index contributed by atoms with van der Waals surface area (Å²) in [5.74, 6) is 0.0775. The number of carbonyl (C=O) groups is 1. The summed E-state index contributed by atoms with van der Waals surface area (Å²) >= 11 is 7.73. The second-order valence-electron chi connectivity index (χ2n) is 5.25. The van der Waals surface area contributed by atoms with Gasteiger partial charge in [0.2, 0.25) is 5.91 Å². The Morgan fingerprint density at radius 3 is 2.78 bits per heavy atom. The number of halogens is 1. The van der Waals surface area contributed by atoms with Crippen molar-refractivity contribution in [3.05, 3.63) is 29.8 Å². The number of thioether (sulfide) groups is 1. The molecule has 1 N–H and O–H groups in total. The van der Waals surface area contributed by atoms with Gasteiger partial charge in [-0.3, -0.25) is 4.79 Å². The van der Waals surface area contributed by atoms with Gasteiger partial charge < -0.3 is 5.32 Å². The molecule has 0 aromatic heterocycles. The van der Waals surface area contributed by atoms with Crippen LogP contribution in [-0.2, 0) is 11.2 Å². The maximum absolute atomic E-state index is 12.2. The smallest absolute Gasteiger partial charge is 0.234 e. The molecule has 2 unspecified atom stereocenters. The lowest BCUT2D eigenvalue weighted by molar-refractivity contribution is -0.122. The second-order valence-corrected chi connectivity index (χ2v) is 7.14. The summed E-state index contributed by atoms with van der Waals surface area (Å²) in [5, 5.41) is 2.91. The van der Waals surface area contributed by atoms with E-state index in [4.69, 9.17) is 11.6 Å². The summed E-state index contributed by atoms with van der Waals surface area (Å²) in [7, 11) is 0. The van der Waals surface area contributed by atoms with E-state index in [9.17, 15) is 4.79 Å². The molecule has 0 saturated heterocycles. The van der Waals surface area contributed by atoms with Gasteiger partial charge in [0.1, 0.15) is 0 Å². The zero-order valence-corrected chi connectivity index (χ0v) is 12.4. The third kappa shape index (κ3) is 2.83. The zero-order chi connectivity index (χ0) is 13.3. The van der Waals surface area contributed by atoms with Crippen molar-refractivity contribution >= 4 is 29.3 Å². The van der Waals surface area contributed by atoms with E-state index < -0.39 is 0 Å². The minimum atomic E-state index is -0.381. The van der Waals surface area contributed by atoms with E-state index in [2.05, 4.69) is 17.4 Å². The molecule has 18 heavy (non-hydrogen) atoms. The lowest BCUT2D eigenvalue weighted by atomic mass is 10.0. The van der Waals surface area contributed by atoms with Gasteiger partial charge in [0.25, 0.3) is 0 Å². The van der Waals surface area contributed by atoms with Gasteiger partial charge >= 0.3 is 0 Å². The Balaban J connectivity index is 2.02. The van der Waals surface area contributed by atoms with Crippen molar-refractivity contribution in [1.82, 2.24) is 5.32 Å². The van der Waals surface area contributed by atoms with Crippen LogP contribution in [0.1, 0.15) is 26.3 Å². The van der Waals surface area contributed by atoms with Gasteiger partial charge in [-0.1, -0.05) is 18.2 Å². The van der Waals surface area contributed by atoms with E-state index in [-0.39, 0.29) is 22.1 Å². The number of nitrogens with one attached hydrogen (secondary N) is 1. The molecule has 0 saturated carbocycles. The molecule has 2 rings (SSSR count). The first-order valence-electron chi connectivity index (χ1n) is 6.11. The molecule has 1 aliphatic rings. The first kappa shape index (κ1) is 13.8. The third-order valence-electron chi connectivity index (χ3n) is 3.38. The van der Waals surface area contributed by atoms with Crippen LogP contribution in [0.3, 0.4) is 0 Å². The molecule has 1 aromatic rings. The maximum atomic E-state index is 12.2. The van der Waals surface area contributed by atoms with Gasteiger partial charge in [0, 0.05) is 4.90 Å². The van der Waals surface area contributed by atoms with Gasteiger partial charge in [0.15, 0.2) is 0 Å². The first-order chi connectivity index (χ1) is 8.40. The van der Waals surface area contributed by atoms with E-state index in [0.717, 1.165) is 6.42 Å². The third-order valence-corrected chi connectivity index (χ3v) is 5.24. The summed E-state index contributed by atoms with van der Waals surface area (Å²) in [6.45, 7) is 5.81. The number of fused-ring (bicyclic) bond motifs is 1. The van der Waals surface area contributed by atoms with E-state index >= 15 is 0 Å². The Morgan fingerprint density at radius 2 is 2.17 bits per heavy atom. The average Bonchev–Trinajstić information content (AvgIpc) is 2.71. The summed E-state index contributed by atoms with van der Waals surface area (Å²) in [5.41, 5.74) is 0.882. The quantitative estimate of drug-likeness (QED) is 0.863. The number of alkyl halides is 1. The highest BCUT2D eigenvalue weighted by Crippen LogP contribution is 2.37. The van der Waals surface area contributed by atoms with Crippen molar-refractivity contribution in [3.63, 3.8) is 0 Å². The molecule has 1 heterocycles. The SMILES string of the molecule is CC(Cl)C(C)(C)NC(=O)C1Cc2ccccc2S1. The monoisotopic (exact) mass is 283 g/mol. The summed E-state index contributed by atoms with van der Waals surface area (Å²) in [4.78, 5) is 13.5. The number of benzene rings is 1. The van der Waals surface area contributed by atoms with Gasteiger partial charge in [-0.05, 0) is 38.8 Å². The van der Waals surface area contributed by atoms with Crippen molar-refractivity contribution in [1.29, 1.82) is 0 Å². The number of amides is 1. The van der Waals surface area contributed by atoms with Crippen molar-refractivity contribution in [3.8, 4) is 0 Å². The highest BCUT2D eigenvalue weighted by Gasteiger charge is 2.33. The predicted molar refractivity (Wildman–Crippen MR) is 77.3 cm³/mol. The molecule has 0 aliphatic carbocycles. The minimum Gasteiger partial charge on any atom is -0.349 e. The number of rotatable bonds is 3. The van der Waals surface area contributed by atoms with Crippen LogP contribution in [0.4, 0.5) is 0 Å². The minimum absolute atomic E-state index is 0.0305. The molecule has 4 heteroatoms. The van der Waals surface area contributed by atoms with E-state index in [1.807, 2.05) is 32.9 Å². The molecule has 0 spiro atoms. The second kappa shape index (κ2) is 5.14. The molecule has 0 bridgehead atoms. The fourth-order valence-corrected chi connectivity index (χ4v) is 3.08. The highest BCUT2D eigenvalue weighted by molar-refractivity contribution is 8.01. The highest BCUT2D eigenvalue weighted by atomic mass is 35.5. The molecule has 2 atom stereocenters. The van der Waals surface area contributed by atoms with Crippen LogP contribution in [0.25, 0.3) is 0 Å². The Hall–Kier alpha value is -0.670. The average molecular weight is 284 g/mol. The molecule has 1 aromatic carbocycles. The van der Waals surface area contributed by atoms with Crippen LogP contribution in [0.15, 0.2) is 29.2 Å². The summed E-state index contributed by atoms with van der Waals surface area (Å²) < 4.78 is 0. The lowest BCUT2D eigenvalue weighted by Gasteiger charge is -2.30. The van der Waals surface area contributed by atoms with Crippen LogP contribution in [0, 0.1) is 0 Å². The number of hydrogen-bond donors (Lipinski definition) is 1. The molecule has 0 radical (unpaired) electrons. The molecular weight excluding hydrogens is 266 g/mol. The molecule has 1 amide bonds. The van der Waals surface area contributed by atoms with E-state index in [0.29, 0.717) is 0 Å². The van der Waals surface area contributed by atoms with Gasteiger partial charge in [-0.2, -0.15) is 0 Å². The Kier molecular flexibility index (Phi) is 3.93. The molecule has 98 valence electrons. The Bertz CT molecular complexity index is 434. The normalized spacial score (nSPS) is 20.3.